The molecular formula is C34H28N4NiS6-4. The molecule has 234 valence electrons. The van der Waals surface area contributed by atoms with Crippen LogP contribution in [0.4, 0.5) is 0 Å². The Bertz CT molecular complexity index is 1650. The molecule has 0 atom stereocenters. The van der Waals surface area contributed by atoms with E-state index in [1.165, 1.54) is 0 Å². The molecule has 4 aromatic carbocycles. The van der Waals surface area contributed by atoms with E-state index >= 15 is 0 Å². The summed E-state index contributed by atoms with van der Waals surface area (Å²) in [5.41, 5.74) is 4.65. The number of hydrogen-bond acceptors (Lipinski definition) is 6. The SMILES string of the molecule is S=c1n(Cc2ccccc2)c([S-])c([S-])n1Cc1ccccc1.S=c1n(Cc2ccccc2)c([S-])c([S-])n1Cc1ccccc1.[Ni]. The molecule has 0 amide bonds. The van der Waals surface area contributed by atoms with Gasteiger partial charge < -0.3 is 68.8 Å². The summed E-state index contributed by atoms with van der Waals surface area (Å²) in [5, 5.41) is 2.55. The van der Waals surface area contributed by atoms with Gasteiger partial charge in [0.05, 0.1) is 0 Å². The van der Waals surface area contributed by atoms with Gasteiger partial charge in [0.15, 0.2) is 9.54 Å². The van der Waals surface area contributed by atoms with Crippen molar-refractivity contribution < 1.29 is 16.5 Å². The Kier molecular flexibility index (Phi) is 12.9. The smallest absolute Gasteiger partial charge is 0.177 e. The molecule has 2 heterocycles. The quantitative estimate of drug-likeness (QED) is 0.0893. The number of nitrogens with zero attached hydrogens (tertiary/aromatic N) is 4. The van der Waals surface area contributed by atoms with E-state index < -0.39 is 0 Å². The molecule has 0 aliphatic carbocycles. The van der Waals surface area contributed by atoms with Crippen LogP contribution in [0.5, 0.6) is 0 Å². The third-order valence-electron chi connectivity index (χ3n) is 7.00. The zero-order valence-electron chi connectivity index (χ0n) is 23.9. The standard InChI is InChI=1S/2C17H16N2S3.Ni/c2*20-15-16(21)19(12-14-9-5-2-6-10-14)17(22)18(15)11-13-7-3-1-4-8-13;/h2*1-10,20-21H,11-12H2;/p-4. The first kappa shape index (κ1) is 35.0. The van der Waals surface area contributed by atoms with E-state index in [1.807, 2.05) is 91.1 Å². The van der Waals surface area contributed by atoms with Crippen LogP contribution >= 0.6 is 24.4 Å². The second-order valence-electron chi connectivity index (χ2n) is 10.1. The Morgan fingerprint density at radius 1 is 0.356 bits per heavy atom. The molecule has 0 unspecified atom stereocenters. The van der Waals surface area contributed by atoms with Crippen LogP contribution in [0.25, 0.3) is 0 Å². The van der Waals surface area contributed by atoms with Crippen LogP contribution in [0.1, 0.15) is 22.3 Å². The van der Waals surface area contributed by atoms with Crippen LogP contribution in [0.15, 0.2) is 141 Å². The van der Waals surface area contributed by atoms with Gasteiger partial charge in [-0.2, -0.15) is 0 Å². The Morgan fingerprint density at radius 2 is 0.533 bits per heavy atom. The molecule has 2 aromatic heterocycles. The number of rotatable bonds is 8. The van der Waals surface area contributed by atoms with Crippen LogP contribution in [-0.2, 0) is 93.2 Å². The van der Waals surface area contributed by atoms with Crippen LogP contribution in [-0.4, -0.2) is 18.3 Å². The maximum atomic E-state index is 5.59. The molecule has 0 radical (unpaired) electrons. The topological polar surface area (TPSA) is 19.7 Å². The van der Waals surface area contributed by atoms with Gasteiger partial charge >= 0.3 is 0 Å². The number of aromatic nitrogens is 4. The van der Waals surface area contributed by atoms with Gasteiger partial charge in [-0.1, -0.05) is 121 Å². The minimum atomic E-state index is 0. The molecule has 0 saturated heterocycles. The Balaban J connectivity index is 0.000000200. The zero-order valence-corrected chi connectivity index (χ0v) is 29.8. The van der Waals surface area contributed by atoms with Crippen molar-refractivity contribution in [3.8, 4) is 0 Å². The molecule has 6 aromatic rings. The fourth-order valence-corrected chi connectivity index (χ4v) is 6.62. The van der Waals surface area contributed by atoms with Gasteiger partial charge in [0, 0.05) is 42.7 Å². The molecule has 4 nitrogen and oxygen atoms in total. The molecule has 0 aliphatic rings. The van der Waals surface area contributed by atoms with Gasteiger partial charge in [-0.15, -0.1) is 20.1 Å². The van der Waals surface area contributed by atoms with Crippen molar-refractivity contribution in [3.63, 3.8) is 0 Å². The molecule has 6 rings (SSSR count). The van der Waals surface area contributed by atoms with Crippen LogP contribution < -0.4 is 0 Å². The fourth-order valence-electron chi connectivity index (χ4n) is 4.72. The van der Waals surface area contributed by atoms with Crippen LogP contribution in [0.2, 0.25) is 0 Å². The summed E-state index contributed by atoms with van der Waals surface area (Å²) in [7, 11) is 0. The largest absolute Gasteiger partial charge is 0.762 e. The number of imidazole rings is 2. The van der Waals surface area contributed by atoms with Gasteiger partial charge in [0.2, 0.25) is 0 Å². The second-order valence-corrected chi connectivity index (χ2v) is 12.3. The van der Waals surface area contributed by atoms with Crippen molar-refractivity contribution in [2.75, 3.05) is 0 Å². The van der Waals surface area contributed by atoms with Gasteiger partial charge in [-0.3, -0.25) is 0 Å². The monoisotopic (exact) mass is 742 g/mol. The molecule has 0 bridgehead atoms. The van der Waals surface area contributed by atoms with Crippen molar-refractivity contribution in [1.82, 2.24) is 18.3 Å². The van der Waals surface area contributed by atoms with Crippen LogP contribution in [0.3, 0.4) is 0 Å². The molecule has 0 spiro atoms. The third kappa shape index (κ3) is 8.68. The third-order valence-corrected chi connectivity index (χ3v) is 9.80. The molecule has 11 heteroatoms. The Labute approximate surface area is 306 Å². The number of hydrogen-bond donors (Lipinski definition) is 0. The summed E-state index contributed by atoms with van der Waals surface area (Å²) in [6.45, 7) is 2.63. The van der Waals surface area contributed by atoms with E-state index in [-0.39, 0.29) is 16.5 Å². The molecule has 0 saturated carbocycles. The first-order valence-electron chi connectivity index (χ1n) is 13.8. The van der Waals surface area contributed by atoms with E-state index in [0.717, 1.165) is 22.3 Å². The van der Waals surface area contributed by atoms with Gasteiger partial charge in [-0.25, -0.2) is 0 Å². The van der Waals surface area contributed by atoms with E-state index in [2.05, 4.69) is 48.5 Å². The average molecular weight is 744 g/mol. The predicted molar refractivity (Wildman–Crippen MR) is 191 cm³/mol. The maximum absolute atomic E-state index is 5.59. The first-order chi connectivity index (χ1) is 21.3. The second kappa shape index (κ2) is 16.6. The molecular weight excluding hydrogens is 715 g/mol. The summed E-state index contributed by atoms with van der Waals surface area (Å²) in [6, 6.07) is 40.6. The summed E-state index contributed by atoms with van der Waals surface area (Å²) < 4.78 is 9.11. The van der Waals surface area contributed by atoms with Crippen molar-refractivity contribution in [2.45, 2.75) is 46.3 Å². The van der Waals surface area contributed by atoms with Crippen molar-refractivity contribution in [1.29, 1.82) is 0 Å². The van der Waals surface area contributed by atoms with Gasteiger partial charge in [-0.05, 0) is 46.7 Å². The van der Waals surface area contributed by atoms with Gasteiger partial charge in [0.1, 0.15) is 0 Å². The minimum absolute atomic E-state index is 0. The molecule has 45 heavy (non-hydrogen) atoms. The van der Waals surface area contributed by atoms with Gasteiger partial charge in [0.25, 0.3) is 0 Å². The van der Waals surface area contributed by atoms with E-state index in [4.69, 9.17) is 75.0 Å². The van der Waals surface area contributed by atoms with Crippen molar-refractivity contribution in [2.24, 2.45) is 0 Å². The number of benzene rings is 4. The van der Waals surface area contributed by atoms with E-state index in [9.17, 15) is 0 Å². The zero-order chi connectivity index (χ0) is 31.1. The van der Waals surface area contributed by atoms with E-state index in [0.29, 0.717) is 55.8 Å². The molecule has 0 N–H and O–H groups in total. The van der Waals surface area contributed by atoms with Crippen LogP contribution in [0, 0.1) is 9.54 Å². The van der Waals surface area contributed by atoms with E-state index in [1.54, 1.807) is 0 Å². The predicted octanol–water partition coefficient (Wildman–Crippen LogP) is 7.85. The Hall–Kier alpha value is -2.89. The first-order valence-corrected chi connectivity index (χ1v) is 16.3. The fraction of sp³-hybridized carbons (Fsp3) is 0.118. The molecule has 0 aliphatic heterocycles. The minimum Gasteiger partial charge on any atom is -0.762 e. The van der Waals surface area contributed by atoms with Crippen molar-refractivity contribution in [3.05, 3.63) is 153 Å². The maximum Gasteiger partial charge on any atom is 0.177 e. The summed E-state index contributed by atoms with van der Waals surface area (Å²) in [6.07, 6.45) is 0. The Morgan fingerprint density at radius 3 is 0.711 bits per heavy atom. The summed E-state index contributed by atoms with van der Waals surface area (Å²) in [5.74, 6) is 0. The average Bonchev–Trinajstić information content (AvgIpc) is 3.38. The summed E-state index contributed by atoms with van der Waals surface area (Å²) >= 11 is 33.1. The molecule has 0 fully saturated rings. The summed E-state index contributed by atoms with van der Waals surface area (Å²) in [4.78, 5) is 0. The van der Waals surface area contributed by atoms with Crippen molar-refractivity contribution >= 4 is 75.0 Å². The normalized spacial score (nSPS) is 10.5.